The van der Waals surface area contributed by atoms with Gasteiger partial charge in [0.2, 0.25) is 0 Å². The molecule has 9 heteroatoms. The Hall–Kier alpha value is -2.73. The number of benzene rings is 2. The van der Waals surface area contributed by atoms with Gasteiger partial charge in [-0.15, -0.1) is 0 Å². The molecule has 4 aliphatic rings. The van der Waals surface area contributed by atoms with Crippen molar-refractivity contribution >= 4 is 16.9 Å². The molecule has 248 valence electrons. The molecule has 9 nitrogen and oxygen atoms in total. The van der Waals surface area contributed by atoms with Crippen LogP contribution in [0.5, 0.6) is 0 Å². The van der Waals surface area contributed by atoms with Gasteiger partial charge in [0.25, 0.3) is 0 Å². The van der Waals surface area contributed by atoms with E-state index in [0.29, 0.717) is 13.1 Å². The van der Waals surface area contributed by atoms with Gasteiger partial charge in [0.15, 0.2) is 5.78 Å². The molecule has 2 atom stereocenters. The van der Waals surface area contributed by atoms with E-state index in [0.717, 1.165) is 105 Å². The van der Waals surface area contributed by atoms with E-state index in [1.165, 1.54) is 33.4 Å². The van der Waals surface area contributed by atoms with E-state index in [-0.39, 0.29) is 17.9 Å². The van der Waals surface area contributed by atoms with Crippen LogP contribution in [0.1, 0.15) is 35.1 Å². The smallest absolute Gasteiger partial charge is 0.169 e. The molecule has 4 heterocycles. The van der Waals surface area contributed by atoms with E-state index in [9.17, 15) is 4.79 Å². The van der Waals surface area contributed by atoms with Crippen LogP contribution in [-0.2, 0) is 27.4 Å². The van der Waals surface area contributed by atoms with E-state index in [1.54, 1.807) is 0 Å². The van der Waals surface area contributed by atoms with Crippen molar-refractivity contribution in [2.24, 2.45) is 11.5 Å². The first-order chi connectivity index (χ1) is 22.6. The number of nitrogens with zero attached hydrogens (tertiary/aromatic N) is 4. The molecule has 6 rings (SSSR count). The first-order valence-electron chi connectivity index (χ1n) is 17.2. The fourth-order valence-corrected chi connectivity index (χ4v) is 7.48. The molecule has 46 heavy (non-hydrogen) atoms. The van der Waals surface area contributed by atoms with Crippen molar-refractivity contribution in [3.63, 3.8) is 0 Å². The van der Waals surface area contributed by atoms with Crippen LogP contribution in [0, 0.1) is 0 Å². The second kappa shape index (κ2) is 16.4. The van der Waals surface area contributed by atoms with E-state index >= 15 is 0 Å². The third-order valence-corrected chi connectivity index (χ3v) is 10.2. The average molecular weight is 629 g/mol. The molecule has 0 bridgehead atoms. The van der Waals surface area contributed by atoms with Crippen LogP contribution in [0.3, 0.4) is 0 Å². The van der Waals surface area contributed by atoms with Crippen LogP contribution in [0.4, 0.5) is 0 Å². The van der Waals surface area contributed by atoms with Crippen LogP contribution in [-0.4, -0.2) is 129 Å². The van der Waals surface area contributed by atoms with Gasteiger partial charge in [-0.05, 0) is 46.2 Å². The third kappa shape index (κ3) is 8.03. The number of rotatable bonds is 12. The Morgan fingerprint density at radius 3 is 1.41 bits per heavy atom. The van der Waals surface area contributed by atoms with Gasteiger partial charge < -0.3 is 20.9 Å². The molecule has 0 amide bonds. The summed E-state index contributed by atoms with van der Waals surface area (Å²) in [7, 11) is 0. The summed E-state index contributed by atoms with van der Waals surface area (Å²) >= 11 is 0. The molecule has 2 aromatic carbocycles. The molecule has 2 fully saturated rings. The second-order valence-electron chi connectivity index (χ2n) is 12.9. The Morgan fingerprint density at radius 1 is 0.630 bits per heavy atom. The predicted octanol–water partition coefficient (Wildman–Crippen LogP) is 2.45. The highest BCUT2D eigenvalue weighted by atomic mass is 16.5. The average Bonchev–Trinajstić information content (AvgIpc) is 3.11. The maximum atomic E-state index is 14.0. The Labute approximate surface area is 274 Å². The summed E-state index contributed by atoms with van der Waals surface area (Å²) in [6, 6.07) is 16.8. The summed E-state index contributed by atoms with van der Waals surface area (Å²) in [6.45, 7) is 12.6. The molecule has 0 radical (unpaired) electrons. The molecule has 0 aromatic heterocycles. The van der Waals surface area contributed by atoms with Gasteiger partial charge in [-0.2, -0.15) is 0 Å². The van der Waals surface area contributed by atoms with Crippen molar-refractivity contribution in [2.45, 2.75) is 38.0 Å². The minimum atomic E-state index is -0.338. The van der Waals surface area contributed by atoms with Gasteiger partial charge >= 0.3 is 0 Å². The summed E-state index contributed by atoms with van der Waals surface area (Å²) in [5, 5.41) is 0. The number of ketones is 1. The lowest BCUT2D eigenvalue weighted by Gasteiger charge is -2.38. The summed E-state index contributed by atoms with van der Waals surface area (Å²) in [5.74, 6) is 0.152. The highest BCUT2D eigenvalue weighted by Gasteiger charge is 2.35. The van der Waals surface area contributed by atoms with Crippen LogP contribution in [0.25, 0.3) is 11.1 Å². The number of nitrogens with two attached hydrogens (primary N) is 2. The van der Waals surface area contributed by atoms with Crippen LogP contribution in [0.2, 0.25) is 0 Å². The number of Topliss-reactive ketones (excluding diaryl/α,β-unsaturated/α-hetero) is 1. The zero-order valence-corrected chi connectivity index (χ0v) is 27.3. The molecule has 0 saturated carbocycles. The number of hydrogen-bond acceptors (Lipinski definition) is 9. The van der Waals surface area contributed by atoms with E-state index < -0.39 is 0 Å². The van der Waals surface area contributed by atoms with E-state index in [2.05, 4.69) is 80.3 Å². The van der Waals surface area contributed by atoms with Gasteiger partial charge in [0.05, 0.1) is 38.5 Å². The van der Waals surface area contributed by atoms with Gasteiger partial charge in [-0.1, -0.05) is 60.7 Å². The van der Waals surface area contributed by atoms with Gasteiger partial charge in [0, 0.05) is 78.5 Å². The lowest BCUT2D eigenvalue weighted by molar-refractivity contribution is -0.128. The first kappa shape index (κ1) is 33.2. The van der Waals surface area contributed by atoms with Crippen molar-refractivity contribution in [3.05, 3.63) is 82.9 Å². The molecule has 2 aromatic rings. The number of hydrogen-bond donors (Lipinski definition) is 2. The molecular weight excluding hydrogens is 576 g/mol. The molecule has 4 aliphatic heterocycles. The lowest BCUT2D eigenvalue weighted by Crippen LogP contribution is -2.57. The topological polar surface area (TPSA) is 101 Å². The molecule has 2 saturated heterocycles. The highest BCUT2D eigenvalue weighted by Crippen LogP contribution is 2.30. The van der Waals surface area contributed by atoms with Crippen molar-refractivity contribution in [3.8, 4) is 0 Å². The molecule has 4 N–H and O–H groups in total. The molecule has 0 aliphatic carbocycles. The van der Waals surface area contributed by atoms with E-state index in [1.807, 2.05) is 0 Å². The predicted molar refractivity (Wildman–Crippen MR) is 184 cm³/mol. The van der Waals surface area contributed by atoms with Crippen molar-refractivity contribution < 1.29 is 14.3 Å². The minimum absolute atomic E-state index is 0.152. The van der Waals surface area contributed by atoms with Crippen molar-refractivity contribution in [1.82, 2.24) is 19.6 Å². The maximum absolute atomic E-state index is 14.0. The molecular formula is C37H52N6O3. The van der Waals surface area contributed by atoms with Gasteiger partial charge in [-0.25, -0.2) is 0 Å². The number of morpholine rings is 2. The number of carbonyl (C=O) groups is 1. The maximum Gasteiger partial charge on any atom is 0.169 e. The van der Waals surface area contributed by atoms with Crippen molar-refractivity contribution in [1.29, 1.82) is 0 Å². The van der Waals surface area contributed by atoms with Gasteiger partial charge in [-0.3, -0.25) is 24.4 Å². The third-order valence-electron chi connectivity index (χ3n) is 10.2. The lowest BCUT2D eigenvalue weighted by atomic mass is 9.92. The SMILES string of the molecule is NCC(C(=O)C(CN)N1CC=C(c2ccccc2CN2CCOCC2)CC1)N1CC=C(c2ccccc2CN2CCOCC2)CC1. The fraction of sp³-hybridized carbons (Fsp3) is 0.541. The number of carbonyl (C=O) groups excluding carboxylic acids is 1. The molecule has 2 unspecified atom stereocenters. The van der Waals surface area contributed by atoms with Crippen LogP contribution in [0.15, 0.2) is 60.7 Å². The zero-order chi connectivity index (χ0) is 31.7. The Balaban J connectivity index is 1.09. The van der Waals surface area contributed by atoms with Gasteiger partial charge in [0.1, 0.15) is 0 Å². The fourth-order valence-electron chi connectivity index (χ4n) is 7.48. The van der Waals surface area contributed by atoms with Crippen LogP contribution < -0.4 is 11.5 Å². The zero-order valence-electron chi connectivity index (χ0n) is 27.3. The normalized spacial score (nSPS) is 22.2. The monoisotopic (exact) mass is 628 g/mol. The summed E-state index contributed by atoms with van der Waals surface area (Å²) in [5.41, 5.74) is 20.7. The first-order valence-corrected chi connectivity index (χ1v) is 17.2. The Morgan fingerprint density at radius 2 is 1.04 bits per heavy atom. The summed E-state index contributed by atoms with van der Waals surface area (Å²) in [6.07, 6.45) is 6.41. The van der Waals surface area contributed by atoms with Crippen LogP contribution >= 0.6 is 0 Å². The molecule has 0 spiro atoms. The summed E-state index contributed by atoms with van der Waals surface area (Å²) < 4.78 is 11.1. The largest absolute Gasteiger partial charge is 0.379 e. The summed E-state index contributed by atoms with van der Waals surface area (Å²) in [4.78, 5) is 23.5. The highest BCUT2D eigenvalue weighted by molar-refractivity contribution is 5.90. The second-order valence-corrected chi connectivity index (χ2v) is 12.9. The Bertz CT molecular complexity index is 1260. The standard InChI is InChI=1S/C37H52N6O3/c38-25-35(42-13-9-29(10-14-42)33-7-3-1-5-31(33)27-40-17-21-45-22-18-40)37(44)36(26-39)43-15-11-30(12-16-43)34-8-4-2-6-32(34)28-41-19-23-46-24-20-41/h1-9,11,35-36H,10,12-28,38-39H2. The minimum Gasteiger partial charge on any atom is -0.379 e. The Kier molecular flexibility index (Phi) is 11.8. The van der Waals surface area contributed by atoms with Crippen molar-refractivity contribution in [2.75, 3.05) is 91.9 Å². The van der Waals surface area contributed by atoms with E-state index in [4.69, 9.17) is 20.9 Å². The number of ether oxygens (including phenoxy) is 2. The quantitative estimate of drug-likeness (QED) is 0.367.